The summed E-state index contributed by atoms with van der Waals surface area (Å²) >= 11 is 4.67. The molecule has 1 rings (SSSR count). The normalized spacial score (nSPS) is 11.3. The molecule has 0 bridgehead atoms. The predicted molar refractivity (Wildman–Crippen MR) is 44.5 cm³/mol. The second-order valence-corrected chi connectivity index (χ2v) is 2.72. The van der Waals surface area contributed by atoms with E-state index in [2.05, 4.69) is 22.0 Å². The van der Waals surface area contributed by atoms with Gasteiger partial charge in [0, 0.05) is 5.56 Å². The van der Waals surface area contributed by atoms with Crippen molar-refractivity contribution in [2.45, 2.75) is 6.18 Å². The largest absolute Gasteiger partial charge is 0.472 e. The van der Waals surface area contributed by atoms with Gasteiger partial charge in [0.2, 0.25) is 0 Å². The van der Waals surface area contributed by atoms with Gasteiger partial charge >= 0.3 is 6.18 Å². The number of nitrogens with one attached hydrogen (secondary N) is 1. The van der Waals surface area contributed by atoms with E-state index in [1.807, 2.05) is 0 Å². The molecule has 0 aromatic carbocycles. The fourth-order valence-electron chi connectivity index (χ4n) is 0.676. The van der Waals surface area contributed by atoms with Crippen LogP contribution in [0.3, 0.4) is 0 Å². The molecule has 0 aliphatic rings. The Balaban J connectivity index is 2.44. The smallest absolute Gasteiger partial charge is 0.405 e. The molecule has 6 heteroatoms. The summed E-state index contributed by atoms with van der Waals surface area (Å²) in [4.78, 5) is 0.0334. The number of thiocarbonyl (C=S) groups is 1. The molecule has 1 aromatic heterocycles. The van der Waals surface area contributed by atoms with Crippen LogP contribution in [-0.4, -0.2) is 17.7 Å². The van der Waals surface area contributed by atoms with Crippen LogP contribution in [0, 0.1) is 0 Å². The van der Waals surface area contributed by atoms with Gasteiger partial charge in [0.15, 0.2) is 0 Å². The molecule has 0 aliphatic heterocycles. The highest BCUT2D eigenvalue weighted by molar-refractivity contribution is 7.80. The second-order valence-electron chi connectivity index (χ2n) is 2.31. The van der Waals surface area contributed by atoms with Gasteiger partial charge in [-0.05, 0) is 6.07 Å². The number of halogens is 3. The van der Waals surface area contributed by atoms with Crippen molar-refractivity contribution in [3.05, 3.63) is 24.2 Å². The van der Waals surface area contributed by atoms with Crippen molar-refractivity contribution in [2.75, 3.05) is 6.54 Å². The summed E-state index contributed by atoms with van der Waals surface area (Å²) in [5.74, 6) is 0. The van der Waals surface area contributed by atoms with E-state index in [-0.39, 0.29) is 4.99 Å². The molecule has 0 unspecified atom stereocenters. The molecule has 0 aliphatic carbocycles. The number of rotatable bonds is 2. The Morgan fingerprint density at radius 3 is 2.69 bits per heavy atom. The van der Waals surface area contributed by atoms with Crippen LogP contribution in [0.5, 0.6) is 0 Å². The molecular weight excluding hydrogens is 203 g/mol. The first-order chi connectivity index (χ1) is 5.99. The van der Waals surface area contributed by atoms with Gasteiger partial charge in [-0.2, -0.15) is 13.2 Å². The van der Waals surface area contributed by atoms with E-state index in [4.69, 9.17) is 0 Å². The SMILES string of the molecule is FC(F)(F)CNC(=S)c1ccoc1. The minimum Gasteiger partial charge on any atom is -0.472 e. The minimum absolute atomic E-state index is 0.0334. The lowest BCUT2D eigenvalue weighted by atomic mass is 10.3. The van der Waals surface area contributed by atoms with Crippen molar-refractivity contribution >= 4 is 17.2 Å². The van der Waals surface area contributed by atoms with Gasteiger partial charge in [0.25, 0.3) is 0 Å². The highest BCUT2D eigenvalue weighted by Gasteiger charge is 2.27. The van der Waals surface area contributed by atoms with E-state index in [9.17, 15) is 13.2 Å². The lowest BCUT2D eigenvalue weighted by molar-refractivity contribution is -0.121. The Morgan fingerprint density at radius 1 is 1.54 bits per heavy atom. The molecule has 1 heterocycles. The Hall–Kier alpha value is -1.04. The van der Waals surface area contributed by atoms with Crippen molar-refractivity contribution in [1.82, 2.24) is 5.32 Å². The topological polar surface area (TPSA) is 25.2 Å². The van der Waals surface area contributed by atoms with Crippen LogP contribution in [0.25, 0.3) is 0 Å². The molecular formula is C7H6F3NOS. The van der Waals surface area contributed by atoms with E-state index >= 15 is 0 Å². The fourth-order valence-corrected chi connectivity index (χ4v) is 0.865. The zero-order valence-electron chi connectivity index (χ0n) is 6.39. The van der Waals surface area contributed by atoms with E-state index in [1.165, 1.54) is 18.6 Å². The first kappa shape index (κ1) is 10.0. The fraction of sp³-hybridized carbons (Fsp3) is 0.286. The van der Waals surface area contributed by atoms with Gasteiger partial charge in [-0.3, -0.25) is 0 Å². The maximum Gasteiger partial charge on any atom is 0.405 e. The molecule has 0 amide bonds. The molecule has 1 N–H and O–H groups in total. The average molecular weight is 209 g/mol. The van der Waals surface area contributed by atoms with E-state index < -0.39 is 12.7 Å². The first-order valence-electron chi connectivity index (χ1n) is 3.36. The van der Waals surface area contributed by atoms with Crippen LogP contribution in [0.2, 0.25) is 0 Å². The lowest BCUT2D eigenvalue weighted by Gasteiger charge is -2.08. The summed E-state index contributed by atoms with van der Waals surface area (Å²) in [7, 11) is 0. The third kappa shape index (κ3) is 3.45. The molecule has 0 atom stereocenters. The summed E-state index contributed by atoms with van der Waals surface area (Å²) in [6, 6.07) is 1.49. The third-order valence-corrected chi connectivity index (χ3v) is 1.61. The van der Waals surface area contributed by atoms with Crippen molar-refractivity contribution in [3.8, 4) is 0 Å². The molecule has 1 aromatic rings. The van der Waals surface area contributed by atoms with Crippen LogP contribution < -0.4 is 5.32 Å². The Kier molecular flexibility index (Phi) is 2.92. The first-order valence-corrected chi connectivity index (χ1v) is 3.77. The van der Waals surface area contributed by atoms with Gasteiger partial charge < -0.3 is 9.73 Å². The third-order valence-electron chi connectivity index (χ3n) is 1.23. The zero-order chi connectivity index (χ0) is 9.90. The number of hydrogen-bond acceptors (Lipinski definition) is 2. The summed E-state index contributed by atoms with van der Waals surface area (Å²) in [6.07, 6.45) is -1.63. The van der Waals surface area contributed by atoms with Gasteiger partial charge in [-0.1, -0.05) is 12.2 Å². The molecule has 0 radical (unpaired) electrons. The molecule has 0 saturated heterocycles. The summed E-state index contributed by atoms with van der Waals surface area (Å²) in [6.45, 7) is -1.13. The second kappa shape index (κ2) is 3.78. The van der Waals surface area contributed by atoms with Crippen molar-refractivity contribution in [1.29, 1.82) is 0 Å². The Morgan fingerprint density at radius 2 is 2.23 bits per heavy atom. The highest BCUT2D eigenvalue weighted by atomic mass is 32.1. The summed E-state index contributed by atoms with van der Waals surface area (Å²) in [5, 5.41) is 2.07. The molecule has 0 fully saturated rings. The number of furan rings is 1. The van der Waals surface area contributed by atoms with Crippen LogP contribution in [0.15, 0.2) is 23.0 Å². The van der Waals surface area contributed by atoms with Crippen LogP contribution >= 0.6 is 12.2 Å². The molecule has 0 spiro atoms. The Bertz CT molecular complexity index is 280. The Labute approximate surface area is 77.7 Å². The monoisotopic (exact) mass is 209 g/mol. The van der Waals surface area contributed by atoms with Gasteiger partial charge in [-0.25, -0.2) is 0 Å². The zero-order valence-corrected chi connectivity index (χ0v) is 7.21. The maximum atomic E-state index is 11.7. The molecule has 0 saturated carbocycles. The standard InChI is InChI=1S/C7H6F3NOS/c8-7(9,10)4-11-6(13)5-1-2-12-3-5/h1-3H,4H2,(H,11,13). The average Bonchev–Trinajstić information content (AvgIpc) is 2.50. The van der Waals surface area contributed by atoms with Gasteiger partial charge in [0.1, 0.15) is 17.8 Å². The van der Waals surface area contributed by atoms with E-state index in [0.29, 0.717) is 5.56 Å². The molecule has 2 nitrogen and oxygen atoms in total. The quantitative estimate of drug-likeness (QED) is 0.755. The number of hydrogen-bond donors (Lipinski definition) is 1. The highest BCUT2D eigenvalue weighted by Crippen LogP contribution is 2.12. The minimum atomic E-state index is -4.26. The number of alkyl halides is 3. The van der Waals surface area contributed by atoms with Crippen LogP contribution in [-0.2, 0) is 0 Å². The van der Waals surface area contributed by atoms with E-state index in [0.717, 1.165) is 0 Å². The molecule has 13 heavy (non-hydrogen) atoms. The van der Waals surface area contributed by atoms with Crippen molar-refractivity contribution in [3.63, 3.8) is 0 Å². The van der Waals surface area contributed by atoms with Crippen molar-refractivity contribution in [2.24, 2.45) is 0 Å². The predicted octanol–water partition coefficient (Wildman–Crippen LogP) is 2.11. The summed E-state index contributed by atoms with van der Waals surface area (Å²) < 4.78 is 39.8. The van der Waals surface area contributed by atoms with Crippen molar-refractivity contribution < 1.29 is 17.6 Å². The lowest BCUT2D eigenvalue weighted by Crippen LogP contribution is -2.32. The van der Waals surface area contributed by atoms with E-state index in [1.54, 1.807) is 0 Å². The van der Waals surface area contributed by atoms with Crippen LogP contribution in [0.4, 0.5) is 13.2 Å². The molecule has 72 valence electrons. The summed E-state index contributed by atoms with van der Waals surface area (Å²) in [5.41, 5.74) is 0.444. The van der Waals surface area contributed by atoms with Gasteiger partial charge in [-0.15, -0.1) is 0 Å². The van der Waals surface area contributed by atoms with Gasteiger partial charge in [0.05, 0.1) is 6.26 Å². The maximum absolute atomic E-state index is 11.7. The van der Waals surface area contributed by atoms with Crippen LogP contribution in [0.1, 0.15) is 5.56 Å².